The number of benzene rings is 1. The van der Waals surface area contributed by atoms with Crippen LogP contribution in [0, 0.1) is 0 Å². The zero-order chi connectivity index (χ0) is 15.2. The predicted octanol–water partition coefficient (Wildman–Crippen LogP) is 1.18. The van der Waals surface area contributed by atoms with Crippen molar-refractivity contribution in [3.63, 3.8) is 0 Å². The maximum Gasteiger partial charge on any atom is 0.137 e. The number of para-hydroxylation sites is 1. The first-order valence-electron chi connectivity index (χ1n) is 7.73. The third kappa shape index (κ3) is 4.05. The maximum absolute atomic E-state index is 10.2. The van der Waals surface area contributed by atoms with Crippen molar-refractivity contribution in [2.45, 2.75) is 31.5 Å². The molecule has 3 rings (SSSR count). The molecule has 2 heterocycles. The van der Waals surface area contributed by atoms with Crippen molar-refractivity contribution in [2.75, 3.05) is 19.7 Å². The number of aliphatic hydroxyl groups excluding tert-OH is 1. The van der Waals surface area contributed by atoms with Gasteiger partial charge in [0.15, 0.2) is 0 Å². The zero-order valence-corrected chi connectivity index (χ0v) is 12.6. The lowest BCUT2D eigenvalue weighted by molar-refractivity contribution is 0.0609. The lowest BCUT2D eigenvalue weighted by atomic mass is 10.2. The Bertz CT molecular complexity index is 547. The number of β-amino-alcohol motifs (C(OH)–C–C–N with tert-alkyl or cyclic N) is 1. The first-order chi connectivity index (χ1) is 10.8. The minimum Gasteiger partial charge on any atom is -0.491 e. The highest BCUT2D eigenvalue weighted by molar-refractivity contribution is 5.20. The van der Waals surface area contributed by atoms with E-state index in [1.807, 2.05) is 35.0 Å². The summed E-state index contributed by atoms with van der Waals surface area (Å²) in [5.41, 5.74) is 0. The highest BCUT2D eigenvalue weighted by atomic mass is 16.5. The quantitative estimate of drug-likeness (QED) is 0.832. The summed E-state index contributed by atoms with van der Waals surface area (Å²) in [4.78, 5) is 6.30. The Morgan fingerprint density at radius 3 is 2.95 bits per heavy atom. The molecule has 1 saturated heterocycles. The molecule has 0 radical (unpaired) electrons. The Morgan fingerprint density at radius 1 is 1.32 bits per heavy atom. The number of nitrogens with zero attached hydrogens (tertiary/aromatic N) is 4. The molecule has 6 heteroatoms. The Balaban J connectivity index is 1.46. The van der Waals surface area contributed by atoms with E-state index in [0.29, 0.717) is 19.2 Å². The van der Waals surface area contributed by atoms with Gasteiger partial charge in [-0.15, -0.1) is 0 Å². The van der Waals surface area contributed by atoms with Gasteiger partial charge >= 0.3 is 0 Å². The van der Waals surface area contributed by atoms with Crippen molar-refractivity contribution in [1.29, 1.82) is 0 Å². The lowest BCUT2D eigenvalue weighted by Crippen LogP contribution is -2.40. The molecule has 0 saturated carbocycles. The van der Waals surface area contributed by atoms with Gasteiger partial charge in [0.1, 0.15) is 31.1 Å². The number of rotatable bonds is 7. The van der Waals surface area contributed by atoms with Gasteiger partial charge in [-0.2, -0.15) is 5.10 Å². The Hall–Kier alpha value is -1.92. The van der Waals surface area contributed by atoms with Crippen LogP contribution in [0.1, 0.15) is 12.8 Å². The zero-order valence-electron chi connectivity index (χ0n) is 12.6. The highest BCUT2D eigenvalue weighted by Gasteiger charge is 2.26. The van der Waals surface area contributed by atoms with Gasteiger partial charge in [-0.3, -0.25) is 9.58 Å². The fourth-order valence-electron chi connectivity index (χ4n) is 2.92. The molecule has 0 spiro atoms. The third-order valence-electron chi connectivity index (χ3n) is 3.99. The van der Waals surface area contributed by atoms with E-state index in [1.165, 1.54) is 0 Å². The van der Waals surface area contributed by atoms with Crippen LogP contribution < -0.4 is 4.74 Å². The molecule has 1 aromatic carbocycles. The van der Waals surface area contributed by atoms with Crippen molar-refractivity contribution in [3.05, 3.63) is 43.0 Å². The average Bonchev–Trinajstić information content (AvgIpc) is 3.20. The average molecular weight is 302 g/mol. The van der Waals surface area contributed by atoms with Gasteiger partial charge in [-0.25, -0.2) is 4.98 Å². The van der Waals surface area contributed by atoms with Crippen LogP contribution in [-0.4, -0.2) is 56.6 Å². The summed E-state index contributed by atoms with van der Waals surface area (Å²) in [5, 5.41) is 14.4. The Kier molecular flexibility index (Phi) is 5.03. The van der Waals surface area contributed by atoms with Crippen LogP contribution in [0.4, 0.5) is 0 Å². The molecular formula is C16H22N4O2. The lowest BCUT2D eigenvalue weighted by Gasteiger charge is -2.26. The number of aliphatic hydroxyl groups is 1. The second kappa shape index (κ2) is 7.38. The smallest absolute Gasteiger partial charge is 0.137 e. The van der Waals surface area contributed by atoms with Gasteiger partial charge in [0.2, 0.25) is 0 Å². The van der Waals surface area contributed by atoms with Crippen molar-refractivity contribution in [3.8, 4) is 5.75 Å². The summed E-state index contributed by atoms with van der Waals surface area (Å²) in [7, 11) is 0. The second-order valence-electron chi connectivity index (χ2n) is 5.69. The van der Waals surface area contributed by atoms with Crippen molar-refractivity contribution in [2.24, 2.45) is 0 Å². The fraction of sp³-hybridized carbons (Fsp3) is 0.500. The molecule has 1 fully saturated rings. The minimum absolute atomic E-state index is 0.316. The van der Waals surface area contributed by atoms with Crippen LogP contribution in [-0.2, 0) is 6.54 Å². The van der Waals surface area contributed by atoms with Crippen LogP contribution in [0.2, 0.25) is 0 Å². The first-order valence-corrected chi connectivity index (χ1v) is 7.73. The van der Waals surface area contributed by atoms with Crippen molar-refractivity contribution >= 4 is 0 Å². The van der Waals surface area contributed by atoms with Crippen LogP contribution in [0.15, 0.2) is 43.0 Å². The molecule has 0 amide bonds. The molecule has 118 valence electrons. The molecule has 2 aromatic rings. The number of aromatic nitrogens is 3. The number of hydrogen-bond donors (Lipinski definition) is 1. The molecule has 0 bridgehead atoms. The molecule has 0 unspecified atom stereocenters. The number of likely N-dealkylation sites (tertiary alicyclic amines) is 1. The molecule has 2 atom stereocenters. The summed E-state index contributed by atoms with van der Waals surface area (Å²) in [6, 6.07) is 10.0. The fourth-order valence-corrected chi connectivity index (χ4v) is 2.92. The van der Waals surface area contributed by atoms with E-state index in [0.717, 1.165) is 31.7 Å². The molecule has 1 N–H and O–H groups in total. The van der Waals surface area contributed by atoms with E-state index in [4.69, 9.17) is 4.74 Å². The molecule has 0 aliphatic carbocycles. The predicted molar refractivity (Wildman–Crippen MR) is 82.6 cm³/mol. The van der Waals surface area contributed by atoms with Gasteiger partial charge in [0.05, 0.1) is 6.54 Å². The summed E-state index contributed by atoms with van der Waals surface area (Å²) in [6.07, 6.45) is 5.10. The first kappa shape index (κ1) is 15.0. The Labute approximate surface area is 130 Å². The highest BCUT2D eigenvalue weighted by Crippen LogP contribution is 2.19. The Morgan fingerprint density at radius 2 is 2.18 bits per heavy atom. The summed E-state index contributed by atoms with van der Waals surface area (Å²) < 4.78 is 7.47. The SMILES string of the molecule is O[C@@H](COc1ccccc1)CN1CCC[C@H]1Cn1cncn1. The molecule has 1 aliphatic rings. The third-order valence-corrected chi connectivity index (χ3v) is 3.99. The van der Waals surface area contributed by atoms with E-state index >= 15 is 0 Å². The molecule has 1 aliphatic heterocycles. The summed E-state index contributed by atoms with van der Waals surface area (Å²) >= 11 is 0. The van der Waals surface area contributed by atoms with Crippen LogP contribution in [0.3, 0.4) is 0 Å². The maximum atomic E-state index is 10.2. The van der Waals surface area contributed by atoms with Crippen molar-refractivity contribution < 1.29 is 9.84 Å². The van der Waals surface area contributed by atoms with Crippen molar-refractivity contribution in [1.82, 2.24) is 19.7 Å². The van der Waals surface area contributed by atoms with E-state index < -0.39 is 6.10 Å². The number of hydrogen-bond acceptors (Lipinski definition) is 5. The van der Waals surface area contributed by atoms with Gasteiger partial charge in [-0.05, 0) is 31.5 Å². The summed E-state index contributed by atoms with van der Waals surface area (Å²) in [5.74, 6) is 0.794. The van der Waals surface area contributed by atoms with Crippen LogP contribution >= 0.6 is 0 Å². The normalized spacial score (nSPS) is 20.1. The van der Waals surface area contributed by atoms with Crippen LogP contribution in [0.5, 0.6) is 5.75 Å². The summed E-state index contributed by atoms with van der Waals surface area (Å²) in [6.45, 7) is 2.79. The standard InChI is InChI=1S/C16H22N4O2/c21-15(11-22-16-6-2-1-3-7-16)10-19-8-4-5-14(19)9-20-13-17-12-18-20/h1-3,6-7,12-15,21H,4-5,8-11H2/t14-,15+/m0/s1. The van der Waals surface area contributed by atoms with Gasteiger partial charge < -0.3 is 9.84 Å². The van der Waals surface area contributed by atoms with E-state index in [2.05, 4.69) is 15.0 Å². The monoisotopic (exact) mass is 302 g/mol. The van der Waals surface area contributed by atoms with E-state index in [1.54, 1.807) is 12.7 Å². The van der Waals surface area contributed by atoms with E-state index in [-0.39, 0.29) is 0 Å². The number of ether oxygens (including phenoxy) is 1. The van der Waals surface area contributed by atoms with E-state index in [9.17, 15) is 5.11 Å². The minimum atomic E-state index is -0.489. The van der Waals surface area contributed by atoms with Gasteiger partial charge in [-0.1, -0.05) is 18.2 Å². The largest absolute Gasteiger partial charge is 0.491 e. The molecule has 6 nitrogen and oxygen atoms in total. The second-order valence-corrected chi connectivity index (χ2v) is 5.69. The van der Waals surface area contributed by atoms with Crippen LogP contribution in [0.25, 0.3) is 0 Å². The van der Waals surface area contributed by atoms with Gasteiger partial charge in [0, 0.05) is 12.6 Å². The molecule has 1 aromatic heterocycles. The molecular weight excluding hydrogens is 280 g/mol. The van der Waals surface area contributed by atoms with Gasteiger partial charge in [0.25, 0.3) is 0 Å². The topological polar surface area (TPSA) is 63.4 Å². The molecule has 22 heavy (non-hydrogen) atoms.